The number of furan rings is 1. The van der Waals surface area contributed by atoms with Gasteiger partial charge in [-0.05, 0) is 36.2 Å². The number of carboxylic acid groups (broad SMARTS) is 1. The first-order chi connectivity index (χ1) is 16.0. The van der Waals surface area contributed by atoms with E-state index in [1.165, 1.54) is 0 Å². The van der Waals surface area contributed by atoms with Crippen molar-refractivity contribution in [3.8, 4) is 23.1 Å². The van der Waals surface area contributed by atoms with Crippen molar-refractivity contribution >= 4 is 28.5 Å². The normalized spacial score (nSPS) is 11.0. The van der Waals surface area contributed by atoms with Gasteiger partial charge < -0.3 is 18.8 Å². The van der Waals surface area contributed by atoms with Crippen LogP contribution in [0.3, 0.4) is 0 Å². The first kappa shape index (κ1) is 22.4. The van der Waals surface area contributed by atoms with Gasteiger partial charge >= 0.3 is 5.97 Å². The van der Waals surface area contributed by atoms with E-state index in [-0.39, 0.29) is 17.4 Å². The van der Waals surface area contributed by atoms with Gasteiger partial charge in [-0.1, -0.05) is 43.1 Å². The second-order valence-corrected chi connectivity index (χ2v) is 7.97. The van der Waals surface area contributed by atoms with Crippen molar-refractivity contribution in [3.63, 3.8) is 0 Å². The van der Waals surface area contributed by atoms with E-state index in [9.17, 15) is 15.2 Å². The Balaban J connectivity index is 1.80. The molecule has 168 valence electrons. The smallest absolute Gasteiger partial charge is 0.355 e. The highest BCUT2D eigenvalue weighted by Crippen LogP contribution is 2.41. The summed E-state index contributed by atoms with van der Waals surface area (Å²) in [5, 5.41) is 19.9. The molecule has 4 aromatic rings. The van der Waals surface area contributed by atoms with Crippen molar-refractivity contribution in [2.24, 2.45) is 0 Å². The first-order valence-corrected chi connectivity index (χ1v) is 10.9. The molecule has 2 heterocycles. The molecule has 2 aromatic carbocycles. The maximum absolute atomic E-state index is 11.8. The third-order valence-electron chi connectivity index (χ3n) is 5.50. The zero-order chi connectivity index (χ0) is 23.5. The molecular formula is C25H22ClN3O4. The molecule has 0 saturated carbocycles. The molecule has 33 heavy (non-hydrogen) atoms. The summed E-state index contributed by atoms with van der Waals surface area (Å²) in [7, 11) is 1.55. The average molecular weight is 464 g/mol. The number of halogens is 1. The summed E-state index contributed by atoms with van der Waals surface area (Å²) in [6.07, 6.45) is 2.47. The van der Waals surface area contributed by atoms with Crippen LogP contribution in [-0.4, -0.2) is 27.7 Å². The zero-order valence-electron chi connectivity index (χ0n) is 18.3. The summed E-state index contributed by atoms with van der Waals surface area (Å²) in [5.41, 5.74) is 2.55. The maximum Gasteiger partial charge on any atom is 0.355 e. The Morgan fingerprint density at radius 3 is 2.79 bits per heavy atom. The molecule has 0 saturated heterocycles. The van der Waals surface area contributed by atoms with Crippen molar-refractivity contribution < 1.29 is 19.1 Å². The van der Waals surface area contributed by atoms with Gasteiger partial charge in [0.2, 0.25) is 0 Å². The van der Waals surface area contributed by atoms with Crippen LogP contribution in [0.4, 0.5) is 0 Å². The molecule has 7 nitrogen and oxygen atoms in total. The van der Waals surface area contributed by atoms with Crippen molar-refractivity contribution in [1.82, 2.24) is 9.55 Å². The highest BCUT2D eigenvalue weighted by Gasteiger charge is 2.23. The lowest BCUT2D eigenvalue weighted by molar-refractivity contribution is 0.0685. The number of benzene rings is 2. The number of hydrogen-bond acceptors (Lipinski definition) is 5. The van der Waals surface area contributed by atoms with E-state index in [1.54, 1.807) is 23.8 Å². The number of ether oxygens (including phenoxy) is 1. The molecule has 0 atom stereocenters. The second kappa shape index (κ2) is 9.39. The fourth-order valence-corrected chi connectivity index (χ4v) is 4.21. The number of methoxy groups -OCH3 is 1. The fourth-order valence-electron chi connectivity index (χ4n) is 3.93. The molecule has 0 radical (unpaired) electrons. The van der Waals surface area contributed by atoms with Gasteiger partial charge in [0.05, 0.1) is 24.1 Å². The van der Waals surface area contributed by atoms with E-state index < -0.39 is 5.97 Å². The van der Waals surface area contributed by atoms with E-state index in [0.717, 1.165) is 23.8 Å². The van der Waals surface area contributed by atoms with Crippen LogP contribution in [0.1, 0.15) is 47.2 Å². The molecule has 4 rings (SSSR count). The van der Waals surface area contributed by atoms with E-state index in [2.05, 4.69) is 18.0 Å². The molecule has 0 unspecified atom stereocenters. The third kappa shape index (κ3) is 4.18. The lowest BCUT2D eigenvalue weighted by Crippen LogP contribution is -2.13. The van der Waals surface area contributed by atoms with Gasteiger partial charge in [0.1, 0.15) is 11.4 Å². The Labute approximate surface area is 195 Å². The number of rotatable bonds is 8. The second-order valence-electron chi connectivity index (χ2n) is 7.61. The number of aryl methyl sites for hydroxylation is 1. The van der Waals surface area contributed by atoms with Crippen LogP contribution in [0.2, 0.25) is 5.15 Å². The van der Waals surface area contributed by atoms with E-state index in [4.69, 9.17) is 20.8 Å². The SMILES string of the molecule is CCCCc1nc(Cl)c(C(=O)O)n1Cc1ccc2oc(-c3ccccc3C#N)c(OC)c2c1. The van der Waals surface area contributed by atoms with Crippen LogP contribution in [0.5, 0.6) is 5.75 Å². The predicted molar refractivity (Wildman–Crippen MR) is 125 cm³/mol. The van der Waals surface area contributed by atoms with Gasteiger partial charge in [-0.2, -0.15) is 5.26 Å². The summed E-state index contributed by atoms with van der Waals surface area (Å²) in [5.74, 6) is 0.514. The highest BCUT2D eigenvalue weighted by molar-refractivity contribution is 6.32. The molecule has 0 amide bonds. The van der Waals surface area contributed by atoms with Gasteiger partial charge in [0, 0.05) is 18.5 Å². The maximum atomic E-state index is 11.8. The summed E-state index contributed by atoms with van der Waals surface area (Å²) >= 11 is 6.16. The van der Waals surface area contributed by atoms with Gasteiger partial charge in [-0.15, -0.1) is 0 Å². The lowest BCUT2D eigenvalue weighted by Gasteiger charge is -2.10. The molecule has 0 aliphatic heterocycles. The van der Waals surface area contributed by atoms with Gasteiger partial charge in [0.25, 0.3) is 0 Å². The zero-order valence-corrected chi connectivity index (χ0v) is 19.0. The molecule has 2 aromatic heterocycles. The Morgan fingerprint density at radius 2 is 2.09 bits per heavy atom. The minimum absolute atomic E-state index is 0.00836. The molecule has 0 spiro atoms. The van der Waals surface area contributed by atoms with Crippen LogP contribution >= 0.6 is 11.6 Å². The van der Waals surface area contributed by atoms with Crippen LogP contribution in [-0.2, 0) is 13.0 Å². The van der Waals surface area contributed by atoms with Crippen LogP contribution in [0, 0.1) is 11.3 Å². The van der Waals surface area contributed by atoms with Crippen molar-refractivity contribution in [3.05, 3.63) is 70.3 Å². The average Bonchev–Trinajstić information content (AvgIpc) is 3.33. The van der Waals surface area contributed by atoms with Crippen LogP contribution in [0.15, 0.2) is 46.9 Å². The fraction of sp³-hybridized carbons (Fsp3) is 0.240. The largest absolute Gasteiger partial charge is 0.492 e. The number of aromatic nitrogens is 2. The number of unbranched alkanes of at least 4 members (excludes halogenated alkanes) is 1. The molecule has 0 fully saturated rings. The van der Waals surface area contributed by atoms with Crippen molar-refractivity contribution in [2.45, 2.75) is 32.7 Å². The Bertz CT molecular complexity index is 1380. The minimum Gasteiger partial charge on any atom is -0.492 e. The number of imidazole rings is 1. The summed E-state index contributed by atoms with van der Waals surface area (Å²) < 4.78 is 13.4. The number of nitrogens with zero attached hydrogens (tertiary/aromatic N) is 3. The van der Waals surface area contributed by atoms with E-state index >= 15 is 0 Å². The number of fused-ring (bicyclic) bond motifs is 1. The van der Waals surface area contributed by atoms with Gasteiger partial charge in [-0.25, -0.2) is 9.78 Å². The molecule has 0 aliphatic carbocycles. The standard InChI is InChI=1S/C25H22ClN3O4/c1-3-4-9-20-28-24(26)21(25(30)31)29(20)14-15-10-11-19-18(12-15)22(32-2)23(33-19)17-8-6-5-7-16(17)13-27/h5-8,10-12H,3-4,9,14H2,1-2H3,(H,30,31). The highest BCUT2D eigenvalue weighted by atomic mass is 35.5. The number of carbonyl (C=O) groups is 1. The summed E-state index contributed by atoms with van der Waals surface area (Å²) in [4.78, 5) is 16.1. The monoisotopic (exact) mass is 463 g/mol. The van der Waals surface area contributed by atoms with Crippen LogP contribution < -0.4 is 4.74 Å². The van der Waals surface area contributed by atoms with Crippen molar-refractivity contribution in [1.29, 1.82) is 5.26 Å². The summed E-state index contributed by atoms with van der Waals surface area (Å²) in [6.45, 7) is 2.35. The Hall–Kier alpha value is -3.76. The lowest BCUT2D eigenvalue weighted by atomic mass is 10.0. The molecule has 8 heteroatoms. The van der Waals surface area contributed by atoms with E-state index in [0.29, 0.717) is 40.5 Å². The van der Waals surface area contributed by atoms with Crippen molar-refractivity contribution in [2.75, 3.05) is 7.11 Å². The minimum atomic E-state index is -1.12. The summed E-state index contributed by atoms with van der Waals surface area (Å²) in [6, 6.07) is 14.9. The first-order valence-electron chi connectivity index (χ1n) is 10.6. The third-order valence-corrected chi connectivity index (χ3v) is 5.77. The Kier molecular flexibility index (Phi) is 6.38. The molecule has 1 N–H and O–H groups in total. The number of aromatic carboxylic acids is 1. The Morgan fingerprint density at radius 1 is 1.30 bits per heavy atom. The number of carboxylic acids is 1. The molecule has 0 aliphatic rings. The number of nitriles is 1. The molecule has 0 bridgehead atoms. The van der Waals surface area contributed by atoms with Gasteiger partial charge in [-0.3, -0.25) is 0 Å². The number of hydrogen-bond donors (Lipinski definition) is 1. The van der Waals surface area contributed by atoms with Gasteiger partial charge in [0.15, 0.2) is 22.4 Å². The van der Waals surface area contributed by atoms with Crippen LogP contribution in [0.25, 0.3) is 22.3 Å². The predicted octanol–water partition coefficient (Wildman–Crippen LogP) is 5.92. The molecular weight excluding hydrogens is 442 g/mol. The topological polar surface area (TPSA) is 101 Å². The van der Waals surface area contributed by atoms with E-state index in [1.807, 2.05) is 30.3 Å². The quantitative estimate of drug-likeness (QED) is 0.348.